The summed E-state index contributed by atoms with van der Waals surface area (Å²) in [6.07, 6.45) is 0.534. The predicted octanol–water partition coefficient (Wildman–Crippen LogP) is 2.36. The van der Waals surface area contributed by atoms with Crippen molar-refractivity contribution in [3.8, 4) is 10.4 Å². The van der Waals surface area contributed by atoms with E-state index in [0.717, 1.165) is 25.4 Å². The fraction of sp³-hybridized carbons (Fsp3) is 0.118. The van der Waals surface area contributed by atoms with Crippen LogP contribution in [0, 0.1) is 10.7 Å². The Morgan fingerprint density at radius 3 is 2.40 bits per heavy atom. The van der Waals surface area contributed by atoms with E-state index in [-0.39, 0.29) is 34.5 Å². The zero-order chi connectivity index (χ0) is 17.3. The third-order valence-electron chi connectivity index (χ3n) is 3.67. The molecular weight excluding hydrogens is 403 g/mol. The molecule has 0 saturated heterocycles. The molecule has 1 heterocycles. The van der Waals surface area contributed by atoms with Crippen molar-refractivity contribution in [3.63, 3.8) is 0 Å². The van der Waals surface area contributed by atoms with Crippen LogP contribution in [0.15, 0.2) is 53.4 Å². The van der Waals surface area contributed by atoms with Crippen LogP contribution in [-0.2, 0) is 16.5 Å². The maximum absolute atomic E-state index is 11.5. The van der Waals surface area contributed by atoms with Crippen molar-refractivity contribution in [3.05, 3.63) is 69.0 Å². The molecular formula is C17H14NaO3S4+. The van der Waals surface area contributed by atoms with Crippen LogP contribution in [0.3, 0.4) is 0 Å². The van der Waals surface area contributed by atoms with Gasteiger partial charge in [0.05, 0.1) is 9.77 Å². The Balaban J connectivity index is 0.00000225. The summed E-state index contributed by atoms with van der Waals surface area (Å²) in [5.74, 6) is 0. The van der Waals surface area contributed by atoms with E-state index in [1.807, 2.05) is 36.4 Å². The van der Waals surface area contributed by atoms with Crippen LogP contribution in [-0.4, -0.2) is 13.0 Å². The molecule has 1 N–H and O–H groups in total. The molecule has 8 heteroatoms. The first-order chi connectivity index (χ1) is 11.4. The van der Waals surface area contributed by atoms with E-state index < -0.39 is 10.1 Å². The summed E-state index contributed by atoms with van der Waals surface area (Å²) in [4.78, 5) is 1.06. The first-order valence-electron chi connectivity index (χ1n) is 7.10. The van der Waals surface area contributed by atoms with Gasteiger partial charge in [-0.25, -0.2) is 0 Å². The first kappa shape index (κ1) is 20.9. The SMILES string of the molecule is Cc1ccc(Cc2c(-c3ccccc3)ssc2=S)cc1S(=O)(=O)O.[Na+]. The van der Waals surface area contributed by atoms with Crippen LogP contribution < -0.4 is 29.6 Å². The van der Waals surface area contributed by atoms with Gasteiger partial charge in [0.15, 0.2) is 0 Å². The van der Waals surface area contributed by atoms with Crippen molar-refractivity contribution in [2.45, 2.75) is 18.2 Å². The monoisotopic (exact) mass is 417 g/mol. The topological polar surface area (TPSA) is 54.4 Å². The number of hydrogen-bond donors (Lipinski definition) is 1. The second-order valence-corrected chi connectivity index (χ2v) is 9.59. The van der Waals surface area contributed by atoms with Gasteiger partial charge in [-0.3, -0.25) is 4.55 Å². The number of benzene rings is 2. The quantitative estimate of drug-likeness (QED) is 0.306. The van der Waals surface area contributed by atoms with Crippen molar-refractivity contribution >= 4 is 43.0 Å². The molecule has 25 heavy (non-hydrogen) atoms. The van der Waals surface area contributed by atoms with E-state index in [1.54, 1.807) is 33.7 Å². The second-order valence-electron chi connectivity index (χ2n) is 5.38. The minimum absolute atomic E-state index is 0. The first-order valence-corrected chi connectivity index (χ1v) is 11.1. The summed E-state index contributed by atoms with van der Waals surface area (Å²) in [5, 5.41) is 0. The summed E-state index contributed by atoms with van der Waals surface area (Å²) in [7, 11) is -1.05. The summed E-state index contributed by atoms with van der Waals surface area (Å²) >= 11 is 5.47. The van der Waals surface area contributed by atoms with E-state index in [1.165, 1.54) is 6.07 Å². The molecule has 0 unspecified atom stereocenters. The minimum atomic E-state index is -4.23. The summed E-state index contributed by atoms with van der Waals surface area (Å²) in [6, 6.07) is 15.1. The number of rotatable bonds is 4. The normalized spacial score (nSPS) is 11.1. The molecule has 3 nitrogen and oxygen atoms in total. The van der Waals surface area contributed by atoms with Gasteiger partial charge in [-0.1, -0.05) is 75.4 Å². The summed E-state index contributed by atoms with van der Waals surface area (Å²) < 4.78 is 33.2. The van der Waals surface area contributed by atoms with E-state index >= 15 is 0 Å². The standard InChI is InChI=1S/C17H14O3S4.Na/c1-11-7-8-12(10-15(11)24(18,19)20)9-14-16(22-23-17(14)21)13-5-3-2-4-6-13;/h2-8,10H,9H2,1H3,(H,18,19,20);/q;+1. The van der Waals surface area contributed by atoms with Gasteiger partial charge in [-0.15, -0.1) is 0 Å². The molecule has 3 aromatic rings. The van der Waals surface area contributed by atoms with Crippen LogP contribution in [0.25, 0.3) is 10.4 Å². The summed E-state index contributed by atoms with van der Waals surface area (Å²) in [6.45, 7) is 1.66. The van der Waals surface area contributed by atoms with Gasteiger partial charge in [0.2, 0.25) is 0 Å². The molecule has 0 saturated carbocycles. The van der Waals surface area contributed by atoms with Crippen LogP contribution in [0.2, 0.25) is 0 Å². The van der Waals surface area contributed by atoms with E-state index in [2.05, 4.69) is 0 Å². The third kappa shape index (κ3) is 4.87. The Kier molecular flexibility index (Phi) is 7.15. The summed E-state index contributed by atoms with van der Waals surface area (Å²) in [5.41, 5.74) is 3.46. The van der Waals surface area contributed by atoms with Gasteiger partial charge in [0.1, 0.15) is 3.82 Å². The van der Waals surface area contributed by atoms with Gasteiger partial charge < -0.3 is 0 Å². The number of hydrogen-bond acceptors (Lipinski definition) is 5. The van der Waals surface area contributed by atoms with Crippen LogP contribution in [0.5, 0.6) is 0 Å². The Morgan fingerprint density at radius 2 is 1.76 bits per heavy atom. The predicted molar refractivity (Wildman–Crippen MR) is 102 cm³/mol. The average Bonchev–Trinajstić information content (AvgIpc) is 2.90. The molecule has 0 atom stereocenters. The van der Waals surface area contributed by atoms with Crippen molar-refractivity contribution in [1.29, 1.82) is 0 Å². The molecule has 0 bridgehead atoms. The van der Waals surface area contributed by atoms with Crippen LogP contribution in [0.1, 0.15) is 16.7 Å². The Morgan fingerprint density at radius 1 is 1.08 bits per heavy atom. The zero-order valence-electron chi connectivity index (χ0n) is 13.7. The van der Waals surface area contributed by atoms with Gasteiger partial charge in [-0.05, 0) is 29.7 Å². The zero-order valence-corrected chi connectivity index (χ0v) is 19.0. The fourth-order valence-electron chi connectivity index (χ4n) is 2.47. The molecule has 0 radical (unpaired) electrons. The molecule has 2 aromatic carbocycles. The van der Waals surface area contributed by atoms with Crippen molar-refractivity contribution in [1.82, 2.24) is 0 Å². The van der Waals surface area contributed by atoms with Crippen molar-refractivity contribution < 1.29 is 42.5 Å². The van der Waals surface area contributed by atoms with Gasteiger partial charge >= 0.3 is 29.6 Å². The average molecular weight is 418 g/mol. The molecule has 124 valence electrons. The minimum Gasteiger partial charge on any atom is -0.282 e. The van der Waals surface area contributed by atoms with Crippen molar-refractivity contribution in [2.24, 2.45) is 0 Å². The molecule has 0 aliphatic carbocycles. The molecule has 3 rings (SSSR count). The van der Waals surface area contributed by atoms with Gasteiger partial charge in [-0.2, -0.15) is 8.42 Å². The molecule has 0 aliphatic rings. The Bertz CT molecular complexity index is 1040. The third-order valence-corrected chi connectivity index (χ3v) is 7.86. The molecule has 0 amide bonds. The Labute approximate surface area is 181 Å². The molecule has 0 spiro atoms. The molecule has 1 aromatic heterocycles. The van der Waals surface area contributed by atoms with Crippen molar-refractivity contribution in [2.75, 3.05) is 0 Å². The molecule has 0 fully saturated rings. The maximum atomic E-state index is 11.5. The number of aryl methyl sites for hydroxylation is 1. The van der Waals surface area contributed by atoms with Crippen LogP contribution >= 0.6 is 32.9 Å². The maximum Gasteiger partial charge on any atom is 1.00 e. The van der Waals surface area contributed by atoms with Crippen LogP contribution in [0.4, 0.5) is 0 Å². The molecule has 0 aliphatic heterocycles. The van der Waals surface area contributed by atoms with E-state index in [9.17, 15) is 13.0 Å². The fourth-order valence-corrected chi connectivity index (χ4v) is 6.17. The Hall–Kier alpha value is -0.380. The smallest absolute Gasteiger partial charge is 0.282 e. The van der Waals surface area contributed by atoms with Gasteiger partial charge in [0.25, 0.3) is 10.1 Å². The van der Waals surface area contributed by atoms with E-state index in [0.29, 0.717) is 12.0 Å². The van der Waals surface area contributed by atoms with E-state index in [4.69, 9.17) is 12.2 Å². The van der Waals surface area contributed by atoms with Gasteiger partial charge in [0, 0.05) is 12.0 Å². The second kappa shape index (κ2) is 8.54. The largest absolute Gasteiger partial charge is 1.00 e.